The summed E-state index contributed by atoms with van der Waals surface area (Å²) in [7, 11) is 0. The van der Waals surface area contributed by atoms with E-state index in [9.17, 15) is 0 Å². The van der Waals surface area contributed by atoms with Gasteiger partial charge < -0.3 is 9.11 Å². The average molecular weight is 161 g/mol. The third kappa shape index (κ3) is 831. The summed E-state index contributed by atoms with van der Waals surface area (Å²) in [5, 5.41) is 0. The molecule has 1 unspecified atom stereocenters. The van der Waals surface area contributed by atoms with Crippen LogP contribution in [0.25, 0.3) is 0 Å². The Balaban J connectivity index is 0. The summed E-state index contributed by atoms with van der Waals surface area (Å²) in [6.07, 6.45) is 0. The predicted molar refractivity (Wildman–Crippen MR) is 12.9 cm³/mol. The van der Waals surface area contributed by atoms with E-state index in [1.807, 2.05) is 0 Å². The van der Waals surface area contributed by atoms with Crippen molar-refractivity contribution in [3.8, 4) is 0 Å². The van der Waals surface area contributed by atoms with Crippen LogP contribution in [0.2, 0.25) is 0 Å². The van der Waals surface area contributed by atoms with Crippen LogP contribution in [-0.2, 0) is 37.1 Å². The average Bonchev–Trinajstić information content (AvgIpc) is 1.33. The van der Waals surface area contributed by atoms with Crippen LogP contribution in [0.3, 0.4) is 0 Å². The maximum absolute atomic E-state index is 8.56. The zero-order valence-electron chi connectivity index (χ0n) is 2.99. The van der Waals surface area contributed by atoms with Crippen molar-refractivity contribution in [1.82, 2.24) is 0 Å². The summed E-state index contributed by atoms with van der Waals surface area (Å²) in [6, 6.07) is 0. The summed E-state index contributed by atoms with van der Waals surface area (Å²) in [5.74, 6) is 0. The molecule has 0 bridgehead atoms. The third-order valence-corrected chi connectivity index (χ3v) is 0. The van der Waals surface area contributed by atoms with Crippen LogP contribution < -0.4 is 0 Å². The SMILES string of the molecule is O=S([O-])O.[O]=[Ti]=[O]. The van der Waals surface area contributed by atoms with Crippen molar-refractivity contribution >= 4 is 11.4 Å². The molecule has 0 saturated carbocycles. The molecular weight excluding hydrogens is 160 g/mol. The summed E-state index contributed by atoms with van der Waals surface area (Å²) in [5.41, 5.74) is 0. The summed E-state index contributed by atoms with van der Waals surface area (Å²) in [4.78, 5) is 0. The van der Waals surface area contributed by atoms with E-state index in [0.29, 0.717) is 0 Å². The Morgan fingerprint density at radius 1 is 1.57 bits per heavy atom. The molecule has 0 aliphatic heterocycles. The zero-order valence-corrected chi connectivity index (χ0v) is 5.37. The monoisotopic (exact) mass is 161 g/mol. The second-order valence-corrected chi connectivity index (χ2v) is 0.995. The van der Waals surface area contributed by atoms with Gasteiger partial charge in [-0.3, -0.25) is 0 Å². The molecule has 0 aromatic carbocycles. The quantitative estimate of drug-likeness (QED) is 0.366. The fourth-order valence-electron chi connectivity index (χ4n) is 0. The molecule has 1 N–H and O–H groups in total. The van der Waals surface area contributed by atoms with Crippen molar-refractivity contribution in [2.75, 3.05) is 0 Å². The van der Waals surface area contributed by atoms with Gasteiger partial charge in [0.05, 0.1) is 11.4 Å². The van der Waals surface area contributed by atoms with Crippen molar-refractivity contribution in [1.29, 1.82) is 0 Å². The fourth-order valence-corrected chi connectivity index (χ4v) is 0. The van der Waals surface area contributed by atoms with Gasteiger partial charge in [0.1, 0.15) is 0 Å². The minimum absolute atomic E-state index is 2.00. The first-order chi connectivity index (χ1) is 3.15. The number of rotatable bonds is 0. The normalized spacial score (nSPS) is 10.0. The molecule has 0 aliphatic rings. The molecule has 0 radical (unpaired) electrons. The van der Waals surface area contributed by atoms with Crippen molar-refractivity contribution in [3.63, 3.8) is 0 Å². The summed E-state index contributed by atoms with van der Waals surface area (Å²) < 4.78 is 41.1. The Morgan fingerprint density at radius 2 is 1.57 bits per heavy atom. The van der Waals surface area contributed by atoms with E-state index in [0.717, 1.165) is 0 Å². The minimum atomic E-state index is -2.86. The van der Waals surface area contributed by atoms with Crippen LogP contribution in [0, 0.1) is 0 Å². The van der Waals surface area contributed by atoms with Gasteiger partial charge >= 0.3 is 25.7 Å². The van der Waals surface area contributed by atoms with E-state index in [-0.39, 0.29) is 0 Å². The van der Waals surface area contributed by atoms with Gasteiger partial charge in [0, 0.05) is 0 Å². The first-order valence-corrected chi connectivity index (χ1v) is 3.23. The van der Waals surface area contributed by atoms with E-state index in [4.69, 9.17) is 20.0 Å². The predicted octanol–water partition coefficient (Wildman–Crippen LogP) is -0.902. The maximum atomic E-state index is 8.56. The molecule has 0 aromatic rings. The topological polar surface area (TPSA) is 94.5 Å². The van der Waals surface area contributed by atoms with Crippen molar-refractivity contribution < 1.29 is 39.1 Å². The second-order valence-electron chi connectivity index (χ2n) is 0.300. The van der Waals surface area contributed by atoms with Gasteiger partial charge in [0.2, 0.25) is 0 Å². The van der Waals surface area contributed by atoms with E-state index < -0.39 is 30.5 Å². The fraction of sp³-hybridized carbons (Fsp3) is 0. The molecule has 1 atom stereocenters. The van der Waals surface area contributed by atoms with Gasteiger partial charge in [-0.15, -0.1) is 0 Å². The Kier molecular flexibility index (Phi) is 14.3. The molecule has 0 rings (SSSR count). The van der Waals surface area contributed by atoms with E-state index in [2.05, 4.69) is 0 Å². The molecule has 0 aliphatic carbocycles. The van der Waals surface area contributed by atoms with Crippen molar-refractivity contribution in [3.05, 3.63) is 0 Å². The van der Waals surface area contributed by atoms with E-state index in [1.165, 1.54) is 0 Å². The van der Waals surface area contributed by atoms with E-state index >= 15 is 0 Å². The Labute approximate surface area is 50.8 Å². The van der Waals surface area contributed by atoms with Crippen molar-refractivity contribution in [2.45, 2.75) is 0 Å². The zero-order chi connectivity index (χ0) is 6.28. The molecule has 7 heavy (non-hydrogen) atoms. The van der Waals surface area contributed by atoms with Gasteiger partial charge in [-0.25, -0.2) is 4.21 Å². The van der Waals surface area contributed by atoms with Gasteiger partial charge in [0.25, 0.3) is 0 Å². The molecule has 0 fully saturated rings. The molecule has 7 heteroatoms. The standard InChI is InChI=1S/H2O3S.2O.Ti/c1-4(2)3;;;/h(H2,1,2,3);;;/p-1. The summed E-state index contributed by atoms with van der Waals surface area (Å²) in [6.45, 7) is 0. The molecule has 0 saturated heterocycles. The molecule has 0 heterocycles. The second kappa shape index (κ2) is 9.63. The van der Waals surface area contributed by atoms with Gasteiger partial charge in [-0.2, -0.15) is 0 Å². The molecular formula is HO5STi-. The molecule has 0 aromatic heterocycles. The Bertz CT molecular complexity index is 76.1. The number of hydrogen-bond donors (Lipinski definition) is 1. The molecule has 0 amide bonds. The Morgan fingerprint density at radius 3 is 1.57 bits per heavy atom. The molecule has 42 valence electrons. The van der Waals surface area contributed by atoms with Crippen LogP contribution in [0.1, 0.15) is 0 Å². The molecule has 5 nitrogen and oxygen atoms in total. The first kappa shape index (κ1) is 10.4. The van der Waals surface area contributed by atoms with Crippen LogP contribution >= 0.6 is 0 Å². The molecule has 0 spiro atoms. The number of hydrogen-bond acceptors (Lipinski definition) is 4. The van der Waals surface area contributed by atoms with Crippen LogP contribution in [0.5, 0.6) is 0 Å². The first-order valence-electron chi connectivity index (χ1n) is 0.924. The van der Waals surface area contributed by atoms with Gasteiger partial charge in [0.15, 0.2) is 0 Å². The van der Waals surface area contributed by atoms with Crippen LogP contribution in [-0.4, -0.2) is 13.3 Å². The third-order valence-electron chi connectivity index (χ3n) is 0. The van der Waals surface area contributed by atoms with Gasteiger partial charge in [-0.05, 0) is 0 Å². The van der Waals surface area contributed by atoms with Crippen LogP contribution in [0.15, 0.2) is 0 Å². The van der Waals surface area contributed by atoms with Gasteiger partial charge in [-0.1, -0.05) is 0 Å². The Hall–Kier alpha value is 0.384. The van der Waals surface area contributed by atoms with Crippen molar-refractivity contribution in [2.24, 2.45) is 0 Å². The van der Waals surface area contributed by atoms with Crippen LogP contribution in [0.4, 0.5) is 0 Å². The van der Waals surface area contributed by atoms with E-state index in [1.54, 1.807) is 0 Å². The summed E-state index contributed by atoms with van der Waals surface area (Å²) >= 11 is -4.86.